The molecule has 0 spiro atoms. The molecule has 3 aliphatic carbocycles. The van der Waals surface area contributed by atoms with E-state index in [1.54, 1.807) is 0 Å². The maximum absolute atomic E-state index is 13.2. The number of unbranched alkanes of at least 4 members (excludes halogenated alkanes) is 3. The van der Waals surface area contributed by atoms with Crippen molar-refractivity contribution in [3.8, 4) is 5.75 Å². The lowest BCUT2D eigenvalue weighted by atomic mass is 9.55. The molecule has 0 aliphatic heterocycles. The second-order valence-electron chi connectivity index (χ2n) is 19.2. The first-order valence-corrected chi connectivity index (χ1v) is 26.6. The molecular weight excluding hydrogens is 903 g/mol. The van der Waals surface area contributed by atoms with Gasteiger partial charge >= 0.3 is 32.0 Å². The molecule has 366 valence electrons. The predicted octanol–water partition coefficient (Wildman–Crippen LogP) is 12.7. The predicted molar refractivity (Wildman–Crippen MR) is 236 cm³/mol. The Morgan fingerprint density at radius 1 is 0.825 bits per heavy atom. The summed E-state index contributed by atoms with van der Waals surface area (Å²) >= 11 is 0. The summed E-state index contributed by atoms with van der Waals surface area (Å²) < 4.78 is 137. The number of nitrogens with zero attached hydrogens (tertiary/aromatic N) is 2. The van der Waals surface area contributed by atoms with Gasteiger partial charge in [-0.25, -0.2) is 9.79 Å². The summed E-state index contributed by atoms with van der Waals surface area (Å²) in [5.74, 6) is 3.26. The molecule has 5 atom stereocenters. The van der Waals surface area contributed by atoms with Crippen LogP contribution in [0.2, 0.25) is 0 Å². The van der Waals surface area contributed by atoms with Crippen LogP contribution in [-0.2, 0) is 15.9 Å². The van der Waals surface area contributed by atoms with Crippen molar-refractivity contribution in [1.29, 1.82) is 0 Å². The molecule has 0 amide bonds. The normalized spacial score (nSPS) is 23.8. The molecule has 63 heavy (non-hydrogen) atoms. The SMILES string of the molecule is CC(C)N(C(C)C)[P+](O)(O)CCCCCCSSC(C)(C)CCOc1ccc2c(c1)CC[C@@H]1[C@@H]2CC[C@]2(C)[C@@H](OCCN(C)CCOC(C(F)(F)F)(C(F)(F)F)C(F)(F)F)CC[C@@H]12. The largest absolute Gasteiger partial charge is 0.494 e. The average Bonchev–Trinajstić information content (AvgIpc) is 3.47. The first kappa shape index (κ1) is 54.9. The van der Waals surface area contributed by atoms with Crippen molar-refractivity contribution < 1.29 is 63.5 Å². The highest BCUT2D eigenvalue weighted by Crippen LogP contribution is 2.62. The number of benzene rings is 1. The van der Waals surface area contributed by atoms with Gasteiger partial charge in [0.15, 0.2) is 0 Å². The van der Waals surface area contributed by atoms with Gasteiger partial charge in [0.2, 0.25) is 0 Å². The van der Waals surface area contributed by atoms with Gasteiger partial charge in [-0.1, -0.05) is 41.0 Å². The van der Waals surface area contributed by atoms with E-state index in [1.165, 1.54) is 23.1 Å². The summed E-state index contributed by atoms with van der Waals surface area (Å²) in [6, 6.07) is 6.71. The summed E-state index contributed by atoms with van der Waals surface area (Å²) in [4.78, 5) is 22.8. The van der Waals surface area contributed by atoms with E-state index >= 15 is 0 Å². The Bertz CT molecular complexity index is 1540. The third kappa shape index (κ3) is 13.5. The van der Waals surface area contributed by atoms with Gasteiger partial charge in [-0.3, -0.25) is 0 Å². The number of alkyl halides is 9. The Balaban J connectivity index is 1.16. The fourth-order valence-electron chi connectivity index (χ4n) is 10.4. The van der Waals surface area contributed by atoms with E-state index in [9.17, 15) is 49.3 Å². The minimum atomic E-state index is -6.75. The lowest BCUT2D eigenvalue weighted by Gasteiger charge is -2.50. The molecule has 4 rings (SSSR count). The number of halogens is 9. The van der Waals surface area contributed by atoms with Crippen LogP contribution in [0.5, 0.6) is 5.75 Å². The number of rotatable bonds is 24. The van der Waals surface area contributed by atoms with Crippen molar-refractivity contribution in [2.75, 3.05) is 51.9 Å². The Morgan fingerprint density at radius 2 is 1.44 bits per heavy atom. The van der Waals surface area contributed by atoms with Crippen LogP contribution in [0.25, 0.3) is 0 Å². The third-order valence-electron chi connectivity index (χ3n) is 13.5. The summed E-state index contributed by atoms with van der Waals surface area (Å²) in [5.41, 5.74) is -3.65. The van der Waals surface area contributed by atoms with E-state index in [-0.39, 0.29) is 41.5 Å². The maximum atomic E-state index is 13.2. The molecule has 3 aliphatic rings. The molecule has 2 saturated carbocycles. The van der Waals surface area contributed by atoms with Crippen LogP contribution in [-0.4, -0.2) is 118 Å². The zero-order chi connectivity index (χ0) is 47.2. The zero-order valence-electron chi connectivity index (χ0n) is 38.1. The maximum Gasteiger partial charge on any atom is 0.435 e. The lowest BCUT2D eigenvalue weighted by Crippen LogP contribution is -2.68. The van der Waals surface area contributed by atoms with Gasteiger partial charge in [-0.2, -0.15) is 39.5 Å². The highest BCUT2D eigenvalue weighted by molar-refractivity contribution is 8.77. The lowest BCUT2D eigenvalue weighted by molar-refractivity contribution is -0.457. The zero-order valence-corrected chi connectivity index (χ0v) is 40.6. The second-order valence-corrected chi connectivity index (χ2v) is 24.7. The van der Waals surface area contributed by atoms with Crippen molar-refractivity contribution in [3.05, 3.63) is 29.3 Å². The van der Waals surface area contributed by atoms with Crippen LogP contribution in [0.15, 0.2) is 18.2 Å². The fraction of sp³-hybridized carbons (Fsp3) is 0.864. The highest BCUT2D eigenvalue weighted by Gasteiger charge is 2.85. The minimum Gasteiger partial charge on any atom is -0.494 e. The van der Waals surface area contributed by atoms with E-state index in [0.29, 0.717) is 30.5 Å². The fourth-order valence-corrected chi connectivity index (χ4v) is 15.4. The summed E-state index contributed by atoms with van der Waals surface area (Å²) in [6.45, 7) is 13.6. The minimum absolute atomic E-state index is 0.0383. The molecule has 0 aromatic heterocycles. The van der Waals surface area contributed by atoms with Crippen LogP contribution in [0.3, 0.4) is 0 Å². The first-order valence-electron chi connectivity index (χ1n) is 22.4. The number of aryl methyl sites for hydroxylation is 1. The van der Waals surface area contributed by atoms with Gasteiger partial charge in [-0.05, 0) is 159 Å². The Morgan fingerprint density at radius 3 is 2.06 bits per heavy atom. The molecule has 0 bridgehead atoms. The van der Waals surface area contributed by atoms with Crippen LogP contribution < -0.4 is 4.74 Å². The Labute approximate surface area is 377 Å². The molecule has 0 unspecified atom stereocenters. The Hall–Kier alpha value is -0.720. The average molecular weight is 974 g/mol. The molecular formula is C44H71F9N2O5PS2+. The summed E-state index contributed by atoms with van der Waals surface area (Å²) in [7, 11) is 2.09. The molecule has 2 fully saturated rings. The van der Waals surface area contributed by atoms with Gasteiger partial charge in [0, 0.05) is 35.7 Å². The summed E-state index contributed by atoms with van der Waals surface area (Å²) in [5, 5.41) is 0. The van der Waals surface area contributed by atoms with E-state index < -0.39 is 45.1 Å². The molecule has 1 aromatic rings. The first-order chi connectivity index (χ1) is 29.1. The topological polar surface area (TPSA) is 74.6 Å². The molecule has 1 aromatic carbocycles. The molecule has 0 saturated heterocycles. The van der Waals surface area contributed by atoms with Gasteiger partial charge in [0.25, 0.3) is 0 Å². The van der Waals surface area contributed by atoms with Crippen LogP contribution in [0, 0.1) is 17.3 Å². The molecule has 7 nitrogen and oxygen atoms in total. The van der Waals surface area contributed by atoms with Crippen molar-refractivity contribution in [3.63, 3.8) is 0 Å². The van der Waals surface area contributed by atoms with Gasteiger partial charge < -0.3 is 19.1 Å². The van der Waals surface area contributed by atoms with Crippen LogP contribution in [0.1, 0.15) is 130 Å². The van der Waals surface area contributed by atoms with E-state index in [4.69, 9.17) is 9.47 Å². The van der Waals surface area contributed by atoms with Gasteiger partial charge in [0.1, 0.15) is 11.9 Å². The van der Waals surface area contributed by atoms with Crippen molar-refractivity contribution in [2.24, 2.45) is 17.3 Å². The van der Waals surface area contributed by atoms with Crippen LogP contribution in [0.4, 0.5) is 39.5 Å². The third-order valence-corrected chi connectivity index (χ3v) is 19.5. The van der Waals surface area contributed by atoms with Crippen molar-refractivity contribution in [1.82, 2.24) is 9.57 Å². The van der Waals surface area contributed by atoms with Crippen LogP contribution >= 0.6 is 29.5 Å². The number of likely N-dealkylation sites (N-methyl/N-ethyl adjacent to an activating group) is 1. The molecule has 2 N–H and O–H groups in total. The number of ether oxygens (including phenoxy) is 3. The van der Waals surface area contributed by atoms with Crippen molar-refractivity contribution >= 4 is 29.5 Å². The monoisotopic (exact) mass is 973 g/mol. The smallest absolute Gasteiger partial charge is 0.435 e. The second kappa shape index (κ2) is 22.1. The molecule has 0 heterocycles. The highest BCUT2D eigenvalue weighted by atomic mass is 33.1. The number of hydrogen-bond acceptors (Lipinski definition) is 9. The van der Waals surface area contributed by atoms with Gasteiger partial charge in [-0.15, -0.1) is 4.67 Å². The quantitative estimate of drug-likeness (QED) is 0.0456. The Kier molecular flexibility index (Phi) is 19.3. The van der Waals surface area contributed by atoms with E-state index in [0.717, 1.165) is 82.1 Å². The standard InChI is InChI=1S/C44H71F9N2O5PS2/c1-30(2)55(31(3)4)61(56,57)27-11-9-10-12-28-62-63-39(5,6)21-24-58-33-14-16-34-32(29-33)13-15-36-35(34)19-20-40(7)37(36)17-18-38(40)59-25-22-54(8)23-26-60-41(42(45,46)47,43(48,49)50)44(51,52)53/h14,16,29-31,35-38,56-57H,9-13,15,17-28H2,1-8H3/q+1/t35-,36-,37+,38+,40+/m1/s1. The van der Waals surface area contributed by atoms with Crippen molar-refractivity contribution in [2.45, 2.75) is 172 Å². The van der Waals surface area contributed by atoms with Gasteiger partial charge in [0.05, 0.1) is 25.9 Å². The van der Waals surface area contributed by atoms with E-state index in [2.05, 4.69) is 43.7 Å². The summed E-state index contributed by atoms with van der Waals surface area (Å²) in [6.07, 6.45) is -9.28. The molecule has 19 heteroatoms. The molecule has 0 radical (unpaired) electrons. The number of hydrogen-bond donors (Lipinski definition) is 2. The van der Waals surface area contributed by atoms with E-state index in [1.807, 2.05) is 54.0 Å². The number of fused-ring (bicyclic) bond motifs is 5.